The molecule has 0 unspecified atom stereocenters. The second kappa shape index (κ2) is 1.30. The molecule has 0 aliphatic rings. The molecule has 0 N–H and O–H groups in total. The summed E-state index contributed by atoms with van der Waals surface area (Å²) in [6.07, 6.45) is 0. The Labute approximate surface area is 41.4 Å². The molecule has 0 bridgehead atoms. The zero-order valence-corrected chi connectivity index (χ0v) is 3.97. The van der Waals surface area contributed by atoms with Gasteiger partial charge in [-0.3, -0.25) is 0 Å². The molecule has 2 heteroatoms. The van der Waals surface area contributed by atoms with E-state index in [1.807, 2.05) is 0 Å². The van der Waals surface area contributed by atoms with E-state index in [4.69, 9.17) is 0 Å². The maximum Gasteiger partial charge on any atom is 0.0556 e. The molecular formula is C5H5O2-. The van der Waals surface area contributed by atoms with Crippen molar-refractivity contribution in [2.24, 2.45) is 0 Å². The largest absolute Gasteiger partial charge is 0.584 e. The van der Waals surface area contributed by atoms with E-state index in [2.05, 4.69) is 4.42 Å². The maximum absolute atomic E-state index is 10.1. The predicted molar refractivity (Wildman–Crippen MR) is 22.9 cm³/mol. The van der Waals surface area contributed by atoms with E-state index < -0.39 is 0 Å². The van der Waals surface area contributed by atoms with E-state index in [0.29, 0.717) is 5.76 Å². The van der Waals surface area contributed by atoms with Crippen LogP contribution in [0.4, 0.5) is 0 Å². The minimum Gasteiger partial charge on any atom is -0.584 e. The van der Waals surface area contributed by atoms with Gasteiger partial charge in [-0.2, -0.15) is 0 Å². The highest BCUT2D eigenvalue weighted by Crippen LogP contribution is 2.07. The van der Waals surface area contributed by atoms with Crippen LogP contribution in [0.15, 0.2) is 16.5 Å². The second-order valence-corrected chi connectivity index (χ2v) is 1.37. The van der Waals surface area contributed by atoms with Crippen LogP contribution in [-0.4, -0.2) is 0 Å². The first-order valence-corrected chi connectivity index (χ1v) is 2.02. The number of hydrogen-bond donors (Lipinski definition) is 0. The monoisotopic (exact) mass is 97.0 g/mol. The van der Waals surface area contributed by atoms with Gasteiger partial charge in [0.15, 0.2) is 0 Å². The lowest BCUT2D eigenvalue weighted by atomic mass is 10.5. The smallest absolute Gasteiger partial charge is 0.0556 e. The second-order valence-electron chi connectivity index (χ2n) is 1.37. The summed E-state index contributed by atoms with van der Waals surface area (Å²) < 4.78 is 4.53. The molecule has 0 saturated carbocycles. The van der Waals surface area contributed by atoms with Crippen LogP contribution in [0.1, 0.15) is 5.76 Å². The SMILES string of the molecule is Cc1ccc([O-])o1. The highest BCUT2D eigenvalue weighted by Gasteiger charge is 1.76. The molecule has 38 valence electrons. The molecule has 0 amide bonds. The summed E-state index contributed by atoms with van der Waals surface area (Å²) in [7, 11) is 0. The van der Waals surface area contributed by atoms with Crippen molar-refractivity contribution in [1.82, 2.24) is 0 Å². The quantitative estimate of drug-likeness (QED) is 0.476. The number of furan rings is 1. The zero-order chi connectivity index (χ0) is 5.28. The van der Waals surface area contributed by atoms with Gasteiger partial charge >= 0.3 is 0 Å². The van der Waals surface area contributed by atoms with Crippen molar-refractivity contribution in [1.29, 1.82) is 0 Å². The minimum absolute atomic E-state index is 0.266. The summed E-state index contributed by atoms with van der Waals surface area (Å²) in [4.78, 5) is 0. The molecule has 0 radical (unpaired) electrons. The molecule has 0 saturated heterocycles. The number of aryl methyl sites for hydroxylation is 1. The van der Waals surface area contributed by atoms with E-state index >= 15 is 0 Å². The van der Waals surface area contributed by atoms with Crippen molar-refractivity contribution in [3.05, 3.63) is 17.9 Å². The fraction of sp³-hybridized carbons (Fsp3) is 0.200. The van der Waals surface area contributed by atoms with E-state index in [1.54, 1.807) is 13.0 Å². The van der Waals surface area contributed by atoms with Gasteiger partial charge in [0.1, 0.15) is 0 Å². The summed E-state index contributed by atoms with van der Waals surface area (Å²) in [5, 5.41) is 10.1. The summed E-state index contributed by atoms with van der Waals surface area (Å²) in [6, 6.07) is 3.04. The minimum atomic E-state index is -0.266. The molecule has 7 heavy (non-hydrogen) atoms. The zero-order valence-electron chi connectivity index (χ0n) is 3.97. The Morgan fingerprint density at radius 3 is 2.43 bits per heavy atom. The normalized spacial score (nSPS) is 9.29. The van der Waals surface area contributed by atoms with Crippen LogP contribution in [0, 0.1) is 6.92 Å². The Morgan fingerprint density at radius 2 is 2.29 bits per heavy atom. The number of hydrogen-bond acceptors (Lipinski definition) is 2. The Bertz CT molecular complexity index is 138. The highest BCUT2D eigenvalue weighted by atomic mass is 16.5. The third kappa shape index (κ3) is 0.738. The first-order chi connectivity index (χ1) is 3.29. The maximum atomic E-state index is 10.1. The molecule has 0 aliphatic carbocycles. The van der Waals surface area contributed by atoms with Gasteiger partial charge in [0, 0.05) is 0 Å². The van der Waals surface area contributed by atoms with Crippen LogP contribution in [0.5, 0.6) is 5.95 Å². The van der Waals surface area contributed by atoms with Gasteiger partial charge in [-0.1, -0.05) is 6.07 Å². The van der Waals surface area contributed by atoms with Gasteiger partial charge in [0.2, 0.25) is 0 Å². The van der Waals surface area contributed by atoms with Crippen LogP contribution < -0.4 is 5.11 Å². The van der Waals surface area contributed by atoms with E-state index in [-0.39, 0.29) is 5.95 Å². The van der Waals surface area contributed by atoms with Crippen molar-refractivity contribution in [2.45, 2.75) is 6.92 Å². The van der Waals surface area contributed by atoms with Crippen LogP contribution in [0.2, 0.25) is 0 Å². The third-order valence-corrected chi connectivity index (χ3v) is 0.716. The summed E-state index contributed by atoms with van der Waals surface area (Å²) in [6.45, 7) is 1.74. The molecule has 1 rings (SSSR count). The number of rotatable bonds is 0. The van der Waals surface area contributed by atoms with Crippen LogP contribution in [0.3, 0.4) is 0 Å². The molecule has 0 fully saturated rings. The average molecular weight is 97.1 g/mol. The Balaban J connectivity index is 3.04. The molecule has 1 aromatic heterocycles. The van der Waals surface area contributed by atoms with Crippen molar-refractivity contribution in [3.63, 3.8) is 0 Å². The standard InChI is InChI=1S/C5H6O2/c1-4-2-3-5(6)7-4/h2-3,6H,1H3/p-1. The van der Waals surface area contributed by atoms with E-state index in [0.717, 1.165) is 0 Å². The molecule has 1 aromatic rings. The van der Waals surface area contributed by atoms with Gasteiger partial charge in [-0.05, 0) is 18.8 Å². The third-order valence-electron chi connectivity index (χ3n) is 0.716. The van der Waals surface area contributed by atoms with Gasteiger partial charge in [0.25, 0.3) is 0 Å². The highest BCUT2D eigenvalue weighted by molar-refractivity contribution is 5.06. The Hall–Kier alpha value is -0.920. The molecule has 2 nitrogen and oxygen atoms in total. The van der Waals surface area contributed by atoms with Crippen LogP contribution in [0.25, 0.3) is 0 Å². The first-order valence-electron chi connectivity index (χ1n) is 2.02. The molecule has 0 spiro atoms. The van der Waals surface area contributed by atoms with Gasteiger partial charge in [-0.25, -0.2) is 0 Å². The molecule has 0 atom stereocenters. The van der Waals surface area contributed by atoms with Gasteiger partial charge < -0.3 is 9.52 Å². The fourth-order valence-corrected chi connectivity index (χ4v) is 0.412. The summed E-state index contributed by atoms with van der Waals surface area (Å²) in [5.74, 6) is 0.405. The van der Waals surface area contributed by atoms with Crippen molar-refractivity contribution in [3.8, 4) is 5.95 Å². The summed E-state index contributed by atoms with van der Waals surface area (Å²) >= 11 is 0. The van der Waals surface area contributed by atoms with Gasteiger partial charge in [-0.15, -0.1) is 0 Å². The van der Waals surface area contributed by atoms with Crippen LogP contribution >= 0.6 is 0 Å². The Kier molecular flexibility index (Phi) is 0.785. The topological polar surface area (TPSA) is 36.2 Å². The average Bonchev–Trinajstić information content (AvgIpc) is 1.87. The van der Waals surface area contributed by atoms with Gasteiger partial charge in [0.05, 0.1) is 5.95 Å². The van der Waals surface area contributed by atoms with Crippen molar-refractivity contribution in [2.75, 3.05) is 0 Å². The fourth-order valence-electron chi connectivity index (χ4n) is 0.412. The Morgan fingerprint density at radius 1 is 1.57 bits per heavy atom. The lowest BCUT2D eigenvalue weighted by Crippen LogP contribution is -1.82. The van der Waals surface area contributed by atoms with Crippen molar-refractivity contribution >= 4 is 0 Å². The van der Waals surface area contributed by atoms with Crippen LogP contribution in [-0.2, 0) is 0 Å². The molecule has 0 aliphatic heterocycles. The molecule has 1 heterocycles. The van der Waals surface area contributed by atoms with E-state index in [1.165, 1.54) is 6.07 Å². The lowest BCUT2D eigenvalue weighted by molar-refractivity contribution is -0.294. The molecule has 0 aromatic carbocycles. The molecular weight excluding hydrogens is 92.1 g/mol. The lowest BCUT2D eigenvalue weighted by Gasteiger charge is -1.89. The van der Waals surface area contributed by atoms with Crippen molar-refractivity contribution < 1.29 is 9.52 Å². The first kappa shape index (κ1) is 4.24. The predicted octanol–water partition coefficient (Wildman–Crippen LogP) is 0.662. The summed E-state index contributed by atoms with van der Waals surface area (Å²) in [5.41, 5.74) is 0. The van der Waals surface area contributed by atoms with E-state index in [9.17, 15) is 5.11 Å².